The van der Waals surface area contributed by atoms with Gasteiger partial charge in [-0.05, 0) is 79.4 Å². The largest absolute Gasteiger partial charge is 0.376 e. The molecule has 2 aromatic heterocycles. The Labute approximate surface area is 221 Å². The smallest absolute Gasteiger partial charge is 0.229 e. The number of piperidine rings is 1. The van der Waals surface area contributed by atoms with Gasteiger partial charge in [0.15, 0.2) is 0 Å². The summed E-state index contributed by atoms with van der Waals surface area (Å²) in [5, 5.41) is 9.94. The van der Waals surface area contributed by atoms with Gasteiger partial charge in [0.25, 0.3) is 0 Å². The number of halogens is 2. The van der Waals surface area contributed by atoms with Gasteiger partial charge < -0.3 is 10.1 Å². The molecular formula is C28H33ClFN5O2. The average molecular weight is 526 g/mol. The fraction of sp³-hybridized carbons (Fsp3) is 0.536. The maximum atomic E-state index is 14.5. The molecule has 5 atom stereocenters. The lowest BCUT2D eigenvalue weighted by Crippen LogP contribution is -2.55. The zero-order valence-corrected chi connectivity index (χ0v) is 22.2. The molecule has 0 spiro atoms. The van der Waals surface area contributed by atoms with Gasteiger partial charge in [0, 0.05) is 41.7 Å². The van der Waals surface area contributed by atoms with Crippen molar-refractivity contribution in [3.8, 4) is 0 Å². The Balaban J connectivity index is 1.16. The summed E-state index contributed by atoms with van der Waals surface area (Å²) in [6, 6.07) is 6.02. The monoisotopic (exact) mass is 525 g/mol. The Kier molecular flexibility index (Phi) is 6.24. The first kappa shape index (κ1) is 24.8. The quantitative estimate of drug-likeness (QED) is 0.512. The van der Waals surface area contributed by atoms with Crippen LogP contribution in [0.15, 0.2) is 36.8 Å². The van der Waals surface area contributed by atoms with Crippen LogP contribution >= 0.6 is 11.6 Å². The van der Waals surface area contributed by atoms with Gasteiger partial charge >= 0.3 is 0 Å². The van der Waals surface area contributed by atoms with Crippen molar-refractivity contribution >= 4 is 34.1 Å². The maximum absolute atomic E-state index is 14.5. The van der Waals surface area contributed by atoms with Crippen LogP contribution in [0.4, 0.5) is 10.2 Å². The normalized spacial score (nSPS) is 30.6. The minimum absolute atomic E-state index is 0.00897. The van der Waals surface area contributed by atoms with Crippen molar-refractivity contribution in [3.63, 3.8) is 0 Å². The first-order chi connectivity index (χ1) is 17.7. The molecule has 3 fully saturated rings. The molecule has 0 bridgehead atoms. The first-order valence-electron chi connectivity index (χ1n) is 13.1. The van der Waals surface area contributed by atoms with E-state index in [0.717, 1.165) is 52.9 Å². The SMILES string of the molecule is C[C@@H]1[C@H](C(=O)Nc2cc3cc(C4CCN([C@@]5(C)COC[C@H]5F)CC4)c(Cl)cc3cn2)[C@H]1c1cnn(C)c1. The second-order valence-corrected chi connectivity index (χ2v) is 11.6. The second kappa shape index (κ2) is 9.33. The van der Waals surface area contributed by atoms with Crippen molar-refractivity contribution in [2.24, 2.45) is 18.9 Å². The summed E-state index contributed by atoms with van der Waals surface area (Å²) in [6.45, 7) is 6.33. The van der Waals surface area contributed by atoms with Crippen molar-refractivity contribution < 1.29 is 13.9 Å². The number of hydrogen-bond donors (Lipinski definition) is 1. The fourth-order valence-electron chi connectivity index (χ4n) is 6.39. The van der Waals surface area contributed by atoms with E-state index in [4.69, 9.17) is 16.3 Å². The zero-order valence-electron chi connectivity index (χ0n) is 21.5. The second-order valence-electron chi connectivity index (χ2n) is 11.2. The fourth-order valence-corrected chi connectivity index (χ4v) is 6.72. The predicted octanol–water partition coefficient (Wildman–Crippen LogP) is 4.92. The predicted molar refractivity (Wildman–Crippen MR) is 142 cm³/mol. The lowest BCUT2D eigenvalue weighted by atomic mass is 9.85. The van der Waals surface area contributed by atoms with Crippen molar-refractivity contribution in [2.75, 3.05) is 31.6 Å². The zero-order chi connectivity index (χ0) is 25.9. The molecule has 1 N–H and O–H groups in total. The van der Waals surface area contributed by atoms with Crippen LogP contribution in [0.2, 0.25) is 5.02 Å². The molecule has 1 aromatic carbocycles. The number of ether oxygens (including phenoxy) is 1. The summed E-state index contributed by atoms with van der Waals surface area (Å²) in [5.41, 5.74) is 1.67. The lowest BCUT2D eigenvalue weighted by Gasteiger charge is -2.43. The molecule has 2 saturated heterocycles. The summed E-state index contributed by atoms with van der Waals surface area (Å²) in [7, 11) is 1.89. The third kappa shape index (κ3) is 4.43. The minimum Gasteiger partial charge on any atom is -0.376 e. The number of aryl methyl sites for hydroxylation is 1. The molecule has 0 unspecified atom stereocenters. The van der Waals surface area contributed by atoms with Crippen molar-refractivity contribution in [1.29, 1.82) is 0 Å². The number of nitrogens with one attached hydrogen (secondary N) is 1. The number of rotatable bonds is 5. The molecule has 7 nitrogen and oxygen atoms in total. The molecule has 2 aliphatic heterocycles. The summed E-state index contributed by atoms with van der Waals surface area (Å²) < 4.78 is 21.7. The Morgan fingerprint density at radius 3 is 2.68 bits per heavy atom. The van der Waals surface area contributed by atoms with Gasteiger partial charge in [0.1, 0.15) is 12.0 Å². The van der Waals surface area contributed by atoms with E-state index in [9.17, 15) is 9.18 Å². The van der Waals surface area contributed by atoms with Crippen LogP contribution < -0.4 is 5.32 Å². The highest BCUT2D eigenvalue weighted by atomic mass is 35.5. The number of carbonyl (C=O) groups excluding carboxylic acids is 1. The van der Waals surface area contributed by atoms with E-state index in [-0.39, 0.29) is 30.3 Å². The van der Waals surface area contributed by atoms with Gasteiger partial charge in [-0.2, -0.15) is 5.10 Å². The molecule has 1 amide bonds. The Bertz CT molecular complexity index is 1340. The van der Waals surface area contributed by atoms with E-state index in [0.29, 0.717) is 18.3 Å². The number of carbonyl (C=O) groups is 1. The highest BCUT2D eigenvalue weighted by molar-refractivity contribution is 6.32. The number of anilines is 1. The highest BCUT2D eigenvalue weighted by Gasteiger charge is 2.53. The maximum Gasteiger partial charge on any atom is 0.229 e. The van der Waals surface area contributed by atoms with E-state index in [1.54, 1.807) is 10.9 Å². The van der Waals surface area contributed by atoms with Gasteiger partial charge in [-0.25, -0.2) is 9.37 Å². The van der Waals surface area contributed by atoms with Crippen LogP contribution in [0.5, 0.6) is 0 Å². The molecule has 0 radical (unpaired) electrons. The van der Waals surface area contributed by atoms with Crippen molar-refractivity contribution in [3.05, 3.63) is 52.9 Å². The number of likely N-dealkylation sites (tertiary alicyclic amines) is 1. The third-order valence-electron chi connectivity index (χ3n) is 8.87. The number of nitrogens with zero attached hydrogens (tertiary/aromatic N) is 4. The summed E-state index contributed by atoms with van der Waals surface area (Å²) in [5.74, 6) is 1.22. The third-order valence-corrected chi connectivity index (χ3v) is 9.20. The number of benzene rings is 1. The van der Waals surface area contributed by atoms with Crippen LogP contribution in [0.3, 0.4) is 0 Å². The molecule has 196 valence electrons. The number of pyridine rings is 1. The molecule has 3 aromatic rings. The molecule has 3 aliphatic rings. The van der Waals surface area contributed by atoms with Crippen molar-refractivity contribution in [2.45, 2.75) is 50.2 Å². The van der Waals surface area contributed by atoms with Crippen LogP contribution in [0.25, 0.3) is 10.8 Å². The molecule has 4 heterocycles. The molecule has 1 saturated carbocycles. The van der Waals surface area contributed by atoms with Crippen molar-refractivity contribution in [1.82, 2.24) is 19.7 Å². The Morgan fingerprint density at radius 1 is 1.22 bits per heavy atom. The Morgan fingerprint density at radius 2 is 2.00 bits per heavy atom. The summed E-state index contributed by atoms with van der Waals surface area (Å²) in [4.78, 5) is 19.7. The number of fused-ring (bicyclic) bond motifs is 1. The summed E-state index contributed by atoms with van der Waals surface area (Å²) in [6.07, 6.45) is 6.47. The molecular weight excluding hydrogens is 493 g/mol. The van der Waals surface area contributed by atoms with Gasteiger partial charge in [-0.1, -0.05) is 18.5 Å². The van der Waals surface area contributed by atoms with Gasteiger partial charge in [-0.3, -0.25) is 14.4 Å². The van der Waals surface area contributed by atoms with Gasteiger partial charge in [-0.15, -0.1) is 0 Å². The van der Waals surface area contributed by atoms with E-state index >= 15 is 0 Å². The molecule has 1 aliphatic carbocycles. The van der Waals surface area contributed by atoms with Crippen LogP contribution in [-0.4, -0.2) is 63.6 Å². The first-order valence-corrected chi connectivity index (χ1v) is 13.5. The topological polar surface area (TPSA) is 72.3 Å². The highest BCUT2D eigenvalue weighted by Crippen LogP contribution is 2.54. The summed E-state index contributed by atoms with van der Waals surface area (Å²) >= 11 is 6.72. The minimum atomic E-state index is -0.951. The van der Waals surface area contributed by atoms with Gasteiger partial charge in [0.2, 0.25) is 5.91 Å². The number of hydrogen-bond acceptors (Lipinski definition) is 5. The number of aromatic nitrogens is 3. The molecule has 37 heavy (non-hydrogen) atoms. The van der Waals surface area contributed by atoms with E-state index in [1.165, 1.54) is 0 Å². The van der Waals surface area contributed by atoms with Crippen LogP contribution in [0, 0.1) is 11.8 Å². The number of alkyl halides is 1. The lowest BCUT2D eigenvalue weighted by molar-refractivity contribution is -0.117. The molecule has 9 heteroatoms. The van der Waals surface area contributed by atoms with Crippen LogP contribution in [0.1, 0.15) is 49.7 Å². The Hall–Kier alpha value is -2.55. The van der Waals surface area contributed by atoms with Crippen LogP contribution in [-0.2, 0) is 16.6 Å². The standard InChI is InChI=1S/C28H33ClFN5O2/c1-16-25(20-12-32-34(3)13-20)26(16)27(36)33-24-10-18-8-21(22(29)9-19(18)11-31-24)17-4-6-35(7-5-17)28(2)15-37-14-23(28)30/h8-13,16-17,23,25-26H,4-7,14-15H2,1-3H3,(H,31,33,36)/t16-,23+,25+,26-,28-/m0/s1. The van der Waals surface area contributed by atoms with E-state index < -0.39 is 11.7 Å². The van der Waals surface area contributed by atoms with Gasteiger partial charge in [0.05, 0.1) is 24.9 Å². The molecule has 6 rings (SSSR count). The average Bonchev–Trinajstić information content (AvgIpc) is 3.15. The van der Waals surface area contributed by atoms with E-state index in [2.05, 4.69) is 33.3 Å². The van der Waals surface area contributed by atoms with E-state index in [1.807, 2.05) is 38.5 Å². The number of amides is 1.